The molecule has 1 rings (SSSR count). The molecule has 0 radical (unpaired) electrons. The molecular formula is C12H13F4NO2. The van der Waals surface area contributed by atoms with Crippen molar-refractivity contribution in [3.8, 4) is 0 Å². The maximum absolute atomic E-state index is 13.6. The van der Waals surface area contributed by atoms with Crippen molar-refractivity contribution in [1.82, 2.24) is 5.32 Å². The van der Waals surface area contributed by atoms with Gasteiger partial charge in [-0.15, -0.1) is 0 Å². The zero-order valence-corrected chi connectivity index (χ0v) is 10.1. The molecule has 0 fully saturated rings. The van der Waals surface area contributed by atoms with E-state index in [1.807, 2.05) is 0 Å². The Morgan fingerprint density at radius 2 is 2.05 bits per heavy atom. The van der Waals surface area contributed by atoms with Crippen LogP contribution in [-0.4, -0.2) is 23.7 Å². The zero-order valence-electron chi connectivity index (χ0n) is 10.1. The van der Waals surface area contributed by atoms with Crippen molar-refractivity contribution in [2.75, 3.05) is 6.54 Å². The summed E-state index contributed by atoms with van der Waals surface area (Å²) in [5.74, 6) is -2.60. The highest BCUT2D eigenvalue weighted by Gasteiger charge is 2.35. The average Bonchev–Trinajstić information content (AvgIpc) is 2.34. The summed E-state index contributed by atoms with van der Waals surface area (Å²) in [4.78, 5) is 11.5. The Balaban J connectivity index is 2.93. The lowest BCUT2D eigenvalue weighted by Crippen LogP contribution is -2.32. The number of rotatable bonds is 4. The molecule has 7 heteroatoms. The number of halogens is 4. The van der Waals surface area contributed by atoms with Gasteiger partial charge in [0.15, 0.2) is 0 Å². The monoisotopic (exact) mass is 279 g/mol. The molecule has 19 heavy (non-hydrogen) atoms. The summed E-state index contributed by atoms with van der Waals surface area (Å²) < 4.78 is 50.9. The van der Waals surface area contributed by atoms with Crippen molar-refractivity contribution >= 4 is 5.91 Å². The standard InChI is InChI=1S/C12H13F4NO2/c1-2-7(18)6-17-11(19)8-4-3-5-9(10(8)13)12(14,15)16/h3-5,7,18H,2,6H2,1H3,(H,17,19). The van der Waals surface area contributed by atoms with E-state index in [1.165, 1.54) is 0 Å². The van der Waals surface area contributed by atoms with Gasteiger partial charge >= 0.3 is 6.18 Å². The number of amides is 1. The Hall–Kier alpha value is -1.63. The van der Waals surface area contributed by atoms with Crippen molar-refractivity contribution in [3.05, 3.63) is 35.1 Å². The number of aliphatic hydroxyl groups is 1. The smallest absolute Gasteiger partial charge is 0.391 e. The highest BCUT2D eigenvalue weighted by molar-refractivity contribution is 5.94. The van der Waals surface area contributed by atoms with E-state index in [1.54, 1.807) is 6.92 Å². The summed E-state index contributed by atoms with van der Waals surface area (Å²) in [6, 6.07) is 2.47. The third kappa shape index (κ3) is 3.92. The first kappa shape index (κ1) is 15.4. The van der Waals surface area contributed by atoms with Gasteiger partial charge in [-0.25, -0.2) is 4.39 Å². The van der Waals surface area contributed by atoms with Crippen molar-refractivity contribution in [2.45, 2.75) is 25.6 Å². The molecule has 0 aliphatic rings. The van der Waals surface area contributed by atoms with Crippen molar-refractivity contribution in [3.63, 3.8) is 0 Å². The van der Waals surface area contributed by atoms with Crippen LogP contribution in [0.3, 0.4) is 0 Å². The normalized spacial score (nSPS) is 13.2. The number of carbonyl (C=O) groups excluding carboxylic acids is 1. The van der Waals surface area contributed by atoms with Gasteiger partial charge in [-0.05, 0) is 18.6 Å². The number of hydrogen-bond donors (Lipinski definition) is 2. The highest BCUT2D eigenvalue weighted by atomic mass is 19.4. The number of hydrogen-bond acceptors (Lipinski definition) is 2. The van der Waals surface area contributed by atoms with E-state index in [4.69, 9.17) is 0 Å². The van der Waals surface area contributed by atoms with E-state index in [-0.39, 0.29) is 6.54 Å². The summed E-state index contributed by atoms with van der Waals surface area (Å²) in [6.07, 6.45) is -5.31. The summed E-state index contributed by atoms with van der Waals surface area (Å²) in [6.45, 7) is 1.52. The minimum atomic E-state index is -4.86. The number of carbonyl (C=O) groups is 1. The quantitative estimate of drug-likeness (QED) is 0.831. The van der Waals surface area contributed by atoms with Crippen LogP contribution in [0.5, 0.6) is 0 Å². The van der Waals surface area contributed by atoms with E-state index in [0.717, 1.165) is 12.1 Å². The van der Waals surface area contributed by atoms with E-state index in [9.17, 15) is 27.5 Å². The molecule has 3 nitrogen and oxygen atoms in total. The van der Waals surface area contributed by atoms with Crippen LogP contribution in [0.1, 0.15) is 29.3 Å². The van der Waals surface area contributed by atoms with Gasteiger partial charge < -0.3 is 10.4 Å². The highest BCUT2D eigenvalue weighted by Crippen LogP contribution is 2.32. The second-order valence-corrected chi connectivity index (χ2v) is 3.94. The van der Waals surface area contributed by atoms with Crippen molar-refractivity contribution in [2.24, 2.45) is 0 Å². The van der Waals surface area contributed by atoms with Gasteiger partial charge in [0, 0.05) is 6.54 Å². The van der Waals surface area contributed by atoms with Crippen LogP contribution in [0, 0.1) is 5.82 Å². The zero-order chi connectivity index (χ0) is 14.6. The van der Waals surface area contributed by atoms with Gasteiger partial charge in [-0.1, -0.05) is 13.0 Å². The Kier molecular flexibility index (Phi) is 4.88. The van der Waals surface area contributed by atoms with Crippen molar-refractivity contribution in [1.29, 1.82) is 0 Å². The molecule has 0 aliphatic heterocycles. The number of alkyl halides is 3. The second-order valence-electron chi connectivity index (χ2n) is 3.94. The fourth-order valence-electron chi connectivity index (χ4n) is 1.38. The van der Waals surface area contributed by atoms with Crippen molar-refractivity contribution < 1.29 is 27.5 Å². The third-order valence-electron chi connectivity index (χ3n) is 2.52. The van der Waals surface area contributed by atoms with E-state index < -0.39 is 35.1 Å². The Labute approximate surface area is 107 Å². The molecule has 0 saturated carbocycles. The molecule has 1 unspecified atom stereocenters. The summed E-state index contributed by atoms with van der Waals surface area (Å²) >= 11 is 0. The predicted molar refractivity (Wildman–Crippen MR) is 60.0 cm³/mol. The first-order valence-electron chi connectivity index (χ1n) is 5.59. The lowest BCUT2D eigenvalue weighted by atomic mass is 10.1. The molecule has 1 atom stereocenters. The maximum atomic E-state index is 13.6. The topological polar surface area (TPSA) is 49.3 Å². The van der Waals surface area contributed by atoms with Crippen LogP contribution in [0.2, 0.25) is 0 Å². The van der Waals surface area contributed by atoms with Crippen LogP contribution >= 0.6 is 0 Å². The fourth-order valence-corrected chi connectivity index (χ4v) is 1.38. The number of nitrogens with one attached hydrogen (secondary N) is 1. The minimum absolute atomic E-state index is 0.148. The molecule has 106 valence electrons. The van der Waals surface area contributed by atoms with Gasteiger partial charge in [-0.3, -0.25) is 4.79 Å². The van der Waals surface area contributed by atoms with Crippen LogP contribution in [0.4, 0.5) is 17.6 Å². The van der Waals surface area contributed by atoms with Gasteiger partial charge in [0.25, 0.3) is 5.91 Å². The number of aliphatic hydroxyl groups excluding tert-OH is 1. The van der Waals surface area contributed by atoms with E-state index in [0.29, 0.717) is 12.5 Å². The summed E-state index contributed by atoms with van der Waals surface area (Å²) in [5, 5.41) is 11.4. The number of benzene rings is 1. The molecule has 0 spiro atoms. The largest absolute Gasteiger partial charge is 0.419 e. The van der Waals surface area contributed by atoms with Crippen LogP contribution in [0.15, 0.2) is 18.2 Å². The first-order chi connectivity index (χ1) is 8.77. The second kappa shape index (κ2) is 6.01. The van der Waals surface area contributed by atoms with E-state index in [2.05, 4.69) is 5.32 Å². The summed E-state index contributed by atoms with van der Waals surface area (Å²) in [7, 11) is 0. The molecule has 0 aromatic heterocycles. The first-order valence-corrected chi connectivity index (χ1v) is 5.59. The molecule has 0 heterocycles. The fraction of sp³-hybridized carbons (Fsp3) is 0.417. The molecular weight excluding hydrogens is 266 g/mol. The van der Waals surface area contributed by atoms with Gasteiger partial charge in [-0.2, -0.15) is 13.2 Å². The van der Waals surface area contributed by atoms with Crippen LogP contribution < -0.4 is 5.32 Å². The Morgan fingerprint density at radius 1 is 1.42 bits per heavy atom. The molecule has 0 saturated heterocycles. The van der Waals surface area contributed by atoms with Crippen LogP contribution in [-0.2, 0) is 6.18 Å². The van der Waals surface area contributed by atoms with Crippen LogP contribution in [0.25, 0.3) is 0 Å². The molecule has 0 aliphatic carbocycles. The molecule has 2 N–H and O–H groups in total. The Bertz CT molecular complexity index is 460. The predicted octanol–water partition coefficient (Wildman–Crippen LogP) is 2.35. The molecule has 1 aromatic carbocycles. The van der Waals surface area contributed by atoms with Gasteiger partial charge in [0.1, 0.15) is 5.82 Å². The maximum Gasteiger partial charge on any atom is 0.419 e. The lowest BCUT2D eigenvalue weighted by Gasteiger charge is -2.12. The lowest BCUT2D eigenvalue weighted by molar-refractivity contribution is -0.140. The SMILES string of the molecule is CCC(O)CNC(=O)c1cccc(C(F)(F)F)c1F. The third-order valence-corrected chi connectivity index (χ3v) is 2.52. The van der Waals surface area contributed by atoms with Gasteiger partial charge in [0.2, 0.25) is 0 Å². The molecule has 1 amide bonds. The molecule has 1 aromatic rings. The Morgan fingerprint density at radius 3 is 2.58 bits per heavy atom. The average molecular weight is 279 g/mol. The van der Waals surface area contributed by atoms with E-state index >= 15 is 0 Å². The van der Waals surface area contributed by atoms with Gasteiger partial charge in [0.05, 0.1) is 17.2 Å². The summed E-state index contributed by atoms with van der Waals surface area (Å²) in [5.41, 5.74) is -2.19. The molecule has 0 bridgehead atoms. The minimum Gasteiger partial charge on any atom is -0.391 e.